The lowest BCUT2D eigenvalue weighted by molar-refractivity contribution is 0.110. The molecule has 124 valence electrons. The molecule has 0 unspecified atom stereocenters. The highest BCUT2D eigenvalue weighted by Gasteiger charge is 2.00. The second kappa shape index (κ2) is 10.2. The van der Waals surface area contributed by atoms with Crippen LogP contribution in [0.3, 0.4) is 0 Å². The summed E-state index contributed by atoms with van der Waals surface area (Å²) >= 11 is 1.68. The largest absolute Gasteiger partial charge is 0.491 e. The second-order valence-corrected chi connectivity index (χ2v) is 5.81. The SMILES string of the molecule is CCOCCOc1ccc(Sc2ccc(OCCO)cc2)cc1. The molecule has 0 amide bonds. The minimum absolute atomic E-state index is 0.0233. The Morgan fingerprint density at radius 2 is 1.30 bits per heavy atom. The van der Waals surface area contributed by atoms with Crippen LogP contribution in [-0.4, -0.2) is 38.1 Å². The van der Waals surface area contributed by atoms with Gasteiger partial charge in [0.15, 0.2) is 0 Å². The van der Waals surface area contributed by atoms with Gasteiger partial charge in [-0.15, -0.1) is 0 Å². The Balaban J connectivity index is 1.83. The molecule has 0 fully saturated rings. The number of benzene rings is 2. The molecule has 0 spiro atoms. The number of ether oxygens (including phenoxy) is 3. The van der Waals surface area contributed by atoms with Crippen molar-refractivity contribution >= 4 is 11.8 Å². The normalized spacial score (nSPS) is 10.5. The summed E-state index contributed by atoms with van der Waals surface area (Å²) in [5, 5.41) is 8.73. The van der Waals surface area contributed by atoms with Crippen molar-refractivity contribution in [2.75, 3.05) is 33.0 Å². The molecule has 0 saturated heterocycles. The molecule has 0 aliphatic rings. The molecule has 0 aliphatic carbocycles. The molecule has 0 heterocycles. The molecular weight excluding hydrogens is 312 g/mol. The molecule has 0 saturated carbocycles. The van der Waals surface area contributed by atoms with Crippen LogP contribution in [0.4, 0.5) is 0 Å². The third kappa shape index (κ3) is 6.52. The topological polar surface area (TPSA) is 47.9 Å². The lowest BCUT2D eigenvalue weighted by Gasteiger charge is -2.08. The van der Waals surface area contributed by atoms with E-state index in [4.69, 9.17) is 19.3 Å². The fourth-order valence-electron chi connectivity index (χ4n) is 1.87. The Kier molecular flexibility index (Phi) is 7.80. The van der Waals surface area contributed by atoms with Crippen LogP contribution >= 0.6 is 11.8 Å². The zero-order valence-corrected chi connectivity index (χ0v) is 14.1. The second-order valence-electron chi connectivity index (χ2n) is 4.66. The first-order valence-electron chi connectivity index (χ1n) is 7.64. The van der Waals surface area contributed by atoms with E-state index in [1.807, 2.05) is 55.5 Å². The molecule has 5 heteroatoms. The monoisotopic (exact) mass is 334 g/mol. The maximum atomic E-state index is 8.73. The molecular formula is C18H22O4S. The van der Waals surface area contributed by atoms with Gasteiger partial charge in [-0.2, -0.15) is 0 Å². The molecule has 0 bridgehead atoms. The summed E-state index contributed by atoms with van der Waals surface area (Å²) in [5.41, 5.74) is 0. The third-order valence-electron chi connectivity index (χ3n) is 2.94. The summed E-state index contributed by atoms with van der Waals surface area (Å²) in [4.78, 5) is 2.28. The highest BCUT2D eigenvalue weighted by molar-refractivity contribution is 7.99. The van der Waals surface area contributed by atoms with Gasteiger partial charge >= 0.3 is 0 Å². The molecule has 2 rings (SSSR count). The number of rotatable bonds is 10. The molecule has 0 atom stereocenters. The van der Waals surface area contributed by atoms with Crippen LogP contribution in [0.5, 0.6) is 11.5 Å². The first kappa shape index (κ1) is 17.7. The smallest absolute Gasteiger partial charge is 0.119 e. The standard InChI is InChI=1S/C18H22O4S/c1-2-20-13-14-22-16-5-9-18(10-6-16)23-17-7-3-15(4-8-17)21-12-11-19/h3-10,19H,2,11-14H2,1H3. The lowest BCUT2D eigenvalue weighted by atomic mass is 10.3. The number of aliphatic hydroxyl groups excluding tert-OH is 1. The van der Waals surface area contributed by atoms with Gasteiger partial charge in [0.2, 0.25) is 0 Å². The first-order chi connectivity index (χ1) is 11.3. The summed E-state index contributed by atoms with van der Waals surface area (Å²) in [6, 6.07) is 15.8. The summed E-state index contributed by atoms with van der Waals surface area (Å²) in [7, 11) is 0. The summed E-state index contributed by atoms with van der Waals surface area (Å²) < 4.78 is 16.2. The number of aliphatic hydroxyl groups is 1. The van der Waals surface area contributed by atoms with Gasteiger partial charge in [-0.25, -0.2) is 0 Å². The summed E-state index contributed by atoms with van der Waals surface area (Å²) in [6.45, 7) is 4.19. The van der Waals surface area contributed by atoms with Crippen molar-refractivity contribution in [3.63, 3.8) is 0 Å². The van der Waals surface area contributed by atoms with Crippen LogP contribution in [0.2, 0.25) is 0 Å². The summed E-state index contributed by atoms with van der Waals surface area (Å²) in [6.07, 6.45) is 0. The van der Waals surface area contributed by atoms with Crippen LogP contribution in [-0.2, 0) is 4.74 Å². The van der Waals surface area contributed by atoms with E-state index in [9.17, 15) is 0 Å². The highest BCUT2D eigenvalue weighted by Crippen LogP contribution is 2.30. The Labute approximate surface area is 141 Å². The van der Waals surface area contributed by atoms with Crippen molar-refractivity contribution < 1.29 is 19.3 Å². The van der Waals surface area contributed by atoms with Crippen molar-refractivity contribution in [2.45, 2.75) is 16.7 Å². The number of hydrogen-bond donors (Lipinski definition) is 1. The Morgan fingerprint density at radius 3 is 1.78 bits per heavy atom. The van der Waals surface area contributed by atoms with Gasteiger partial charge in [0.1, 0.15) is 24.7 Å². The van der Waals surface area contributed by atoms with Crippen LogP contribution in [0, 0.1) is 0 Å². The predicted molar refractivity (Wildman–Crippen MR) is 91.6 cm³/mol. The van der Waals surface area contributed by atoms with E-state index in [1.54, 1.807) is 11.8 Å². The van der Waals surface area contributed by atoms with E-state index in [0.29, 0.717) is 26.4 Å². The molecule has 23 heavy (non-hydrogen) atoms. The average Bonchev–Trinajstić information content (AvgIpc) is 2.59. The molecule has 4 nitrogen and oxygen atoms in total. The minimum atomic E-state index is 0.0233. The van der Waals surface area contributed by atoms with Crippen molar-refractivity contribution in [1.82, 2.24) is 0 Å². The Morgan fingerprint density at radius 1 is 0.783 bits per heavy atom. The maximum Gasteiger partial charge on any atom is 0.119 e. The van der Waals surface area contributed by atoms with Crippen molar-refractivity contribution in [3.8, 4) is 11.5 Å². The van der Waals surface area contributed by atoms with Crippen LogP contribution in [0.1, 0.15) is 6.92 Å². The van der Waals surface area contributed by atoms with Crippen LogP contribution < -0.4 is 9.47 Å². The fourth-order valence-corrected chi connectivity index (χ4v) is 2.69. The first-order valence-corrected chi connectivity index (χ1v) is 8.45. The van der Waals surface area contributed by atoms with E-state index in [2.05, 4.69) is 0 Å². The van der Waals surface area contributed by atoms with Gasteiger partial charge < -0.3 is 19.3 Å². The van der Waals surface area contributed by atoms with Crippen molar-refractivity contribution in [1.29, 1.82) is 0 Å². The molecule has 2 aromatic rings. The van der Waals surface area contributed by atoms with Crippen LogP contribution in [0.15, 0.2) is 58.3 Å². The number of hydrogen-bond acceptors (Lipinski definition) is 5. The lowest BCUT2D eigenvalue weighted by Crippen LogP contribution is -2.06. The molecule has 1 N–H and O–H groups in total. The predicted octanol–water partition coefficient (Wildman–Crippen LogP) is 3.62. The van der Waals surface area contributed by atoms with Gasteiger partial charge in [0.05, 0.1) is 13.2 Å². The minimum Gasteiger partial charge on any atom is -0.491 e. The van der Waals surface area contributed by atoms with E-state index in [-0.39, 0.29) is 6.61 Å². The molecule has 0 radical (unpaired) electrons. The van der Waals surface area contributed by atoms with Crippen molar-refractivity contribution in [3.05, 3.63) is 48.5 Å². The van der Waals surface area contributed by atoms with E-state index in [1.165, 1.54) is 0 Å². The molecule has 0 aromatic heterocycles. The Hall–Kier alpha value is -1.69. The van der Waals surface area contributed by atoms with Crippen molar-refractivity contribution in [2.24, 2.45) is 0 Å². The summed E-state index contributed by atoms with van der Waals surface area (Å²) in [5.74, 6) is 1.61. The fraction of sp³-hybridized carbons (Fsp3) is 0.333. The van der Waals surface area contributed by atoms with Gasteiger partial charge in [-0.1, -0.05) is 11.8 Å². The van der Waals surface area contributed by atoms with Gasteiger partial charge in [0, 0.05) is 16.4 Å². The van der Waals surface area contributed by atoms with Gasteiger partial charge in [-0.05, 0) is 55.5 Å². The van der Waals surface area contributed by atoms with E-state index < -0.39 is 0 Å². The van der Waals surface area contributed by atoms with Gasteiger partial charge in [0.25, 0.3) is 0 Å². The van der Waals surface area contributed by atoms with Gasteiger partial charge in [-0.3, -0.25) is 0 Å². The third-order valence-corrected chi connectivity index (χ3v) is 3.96. The zero-order valence-electron chi connectivity index (χ0n) is 13.2. The average molecular weight is 334 g/mol. The van der Waals surface area contributed by atoms with Crippen LogP contribution in [0.25, 0.3) is 0 Å². The maximum absolute atomic E-state index is 8.73. The zero-order chi connectivity index (χ0) is 16.3. The van der Waals surface area contributed by atoms with E-state index in [0.717, 1.165) is 21.3 Å². The Bertz CT molecular complexity index is 554. The van der Waals surface area contributed by atoms with E-state index >= 15 is 0 Å². The molecule has 2 aromatic carbocycles. The molecule has 0 aliphatic heterocycles. The quantitative estimate of drug-likeness (QED) is 0.673. The highest BCUT2D eigenvalue weighted by atomic mass is 32.2.